The second-order valence-electron chi connectivity index (χ2n) is 4.66. The topological polar surface area (TPSA) is 164 Å². The van der Waals surface area contributed by atoms with Gasteiger partial charge in [-0.2, -0.15) is 4.68 Å². The van der Waals surface area contributed by atoms with Gasteiger partial charge in [0.2, 0.25) is 5.91 Å². The van der Waals surface area contributed by atoms with Gasteiger partial charge in [0.1, 0.15) is 6.54 Å². The molecule has 0 bridgehead atoms. The summed E-state index contributed by atoms with van der Waals surface area (Å²) < 4.78 is 0.798. The van der Waals surface area contributed by atoms with Crippen LogP contribution in [-0.2, 0) is 16.2 Å². The van der Waals surface area contributed by atoms with E-state index in [1.165, 1.54) is 7.11 Å². The van der Waals surface area contributed by atoms with E-state index in [1.807, 2.05) is 0 Å². The Hall–Kier alpha value is -2.64. The van der Waals surface area contributed by atoms with Crippen LogP contribution in [0, 0.1) is 10.1 Å². The highest BCUT2D eigenvalue weighted by Gasteiger charge is 2.32. The number of rotatable bonds is 10. The number of aromatic nitrogens is 3. The zero-order valence-electron chi connectivity index (χ0n) is 13.9. The SMILES string of the molecule is CCN(OC)C(=O)c1nc([N+](=O)[O-])nn1CC(=O)N(CCO)CCO. The molecule has 0 aliphatic heterocycles. The molecule has 0 aliphatic rings. The van der Waals surface area contributed by atoms with Crippen LogP contribution in [0.2, 0.25) is 0 Å². The van der Waals surface area contributed by atoms with E-state index >= 15 is 0 Å². The fourth-order valence-electron chi connectivity index (χ4n) is 1.97. The van der Waals surface area contributed by atoms with Crippen molar-refractivity contribution in [2.24, 2.45) is 0 Å². The summed E-state index contributed by atoms with van der Waals surface area (Å²) in [6.45, 7) is 0.488. The molecule has 0 radical (unpaired) electrons. The number of amides is 2. The molecular weight excluding hydrogens is 340 g/mol. The van der Waals surface area contributed by atoms with Gasteiger partial charge in [-0.05, 0) is 16.8 Å². The lowest BCUT2D eigenvalue weighted by atomic mass is 10.4. The first kappa shape index (κ1) is 20.4. The van der Waals surface area contributed by atoms with Crippen molar-refractivity contribution in [3.05, 3.63) is 15.9 Å². The van der Waals surface area contributed by atoms with Crippen molar-refractivity contribution in [1.82, 2.24) is 24.7 Å². The van der Waals surface area contributed by atoms with Gasteiger partial charge in [-0.1, -0.05) is 0 Å². The number of nitro groups is 1. The minimum absolute atomic E-state index is 0.0430. The highest BCUT2D eigenvalue weighted by molar-refractivity contribution is 5.90. The van der Waals surface area contributed by atoms with E-state index in [0.29, 0.717) is 0 Å². The van der Waals surface area contributed by atoms with Gasteiger partial charge in [0.15, 0.2) is 0 Å². The summed E-state index contributed by atoms with van der Waals surface area (Å²) in [6, 6.07) is 0. The Morgan fingerprint density at radius 2 is 1.92 bits per heavy atom. The molecule has 2 N–H and O–H groups in total. The fraction of sp³-hybridized carbons (Fsp3) is 0.667. The van der Waals surface area contributed by atoms with E-state index in [1.54, 1.807) is 6.92 Å². The van der Waals surface area contributed by atoms with Crippen LogP contribution in [0.15, 0.2) is 0 Å². The Morgan fingerprint density at radius 1 is 1.32 bits per heavy atom. The summed E-state index contributed by atoms with van der Waals surface area (Å²) in [5, 5.41) is 33.2. The lowest BCUT2D eigenvalue weighted by molar-refractivity contribution is -0.394. The summed E-state index contributed by atoms with van der Waals surface area (Å²) in [4.78, 5) is 44.1. The van der Waals surface area contributed by atoms with E-state index in [0.717, 1.165) is 14.6 Å². The Kier molecular flexibility index (Phi) is 7.84. The minimum Gasteiger partial charge on any atom is -0.395 e. The van der Waals surface area contributed by atoms with Crippen LogP contribution in [-0.4, -0.2) is 91.6 Å². The van der Waals surface area contributed by atoms with E-state index in [9.17, 15) is 19.7 Å². The zero-order valence-corrected chi connectivity index (χ0v) is 13.9. The molecule has 0 saturated carbocycles. The lowest BCUT2D eigenvalue weighted by Gasteiger charge is -2.20. The molecule has 140 valence electrons. The molecule has 1 aromatic heterocycles. The van der Waals surface area contributed by atoms with Gasteiger partial charge < -0.3 is 25.2 Å². The quantitative estimate of drug-likeness (QED) is 0.355. The van der Waals surface area contributed by atoms with E-state index in [4.69, 9.17) is 15.1 Å². The maximum absolute atomic E-state index is 12.3. The maximum atomic E-state index is 12.3. The molecule has 0 aromatic carbocycles. The largest absolute Gasteiger partial charge is 0.491 e. The number of aliphatic hydroxyl groups is 2. The highest BCUT2D eigenvalue weighted by Crippen LogP contribution is 2.10. The third kappa shape index (κ3) is 5.17. The number of hydroxylamine groups is 2. The first-order chi connectivity index (χ1) is 11.9. The van der Waals surface area contributed by atoms with Crippen LogP contribution < -0.4 is 0 Å². The van der Waals surface area contributed by atoms with E-state index < -0.39 is 35.1 Å². The first-order valence-corrected chi connectivity index (χ1v) is 7.34. The molecule has 0 unspecified atom stereocenters. The van der Waals surface area contributed by atoms with Gasteiger partial charge in [0, 0.05) is 24.7 Å². The predicted molar refractivity (Wildman–Crippen MR) is 81.1 cm³/mol. The summed E-state index contributed by atoms with van der Waals surface area (Å²) >= 11 is 0. The van der Waals surface area contributed by atoms with Crippen LogP contribution in [0.25, 0.3) is 0 Å². The fourth-order valence-corrected chi connectivity index (χ4v) is 1.97. The molecule has 0 spiro atoms. The van der Waals surface area contributed by atoms with E-state index in [2.05, 4.69) is 10.1 Å². The van der Waals surface area contributed by atoms with Crippen molar-refractivity contribution in [3.63, 3.8) is 0 Å². The Balaban J connectivity index is 3.13. The smallest absolute Gasteiger partial charge is 0.395 e. The van der Waals surface area contributed by atoms with Gasteiger partial charge in [0.05, 0.1) is 20.3 Å². The monoisotopic (exact) mass is 360 g/mol. The molecule has 1 rings (SSSR count). The molecule has 0 aliphatic carbocycles. The van der Waals surface area contributed by atoms with Crippen molar-refractivity contribution in [3.8, 4) is 0 Å². The van der Waals surface area contributed by atoms with Crippen molar-refractivity contribution in [2.75, 3.05) is 40.0 Å². The average Bonchev–Trinajstić information content (AvgIpc) is 2.99. The molecule has 0 atom stereocenters. The van der Waals surface area contributed by atoms with Gasteiger partial charge in [-0.15, -0.1) is 0 Å². The molecule has 2 amide bonds. The average molecular weight is 360 g/mol. The number of aliphatic hydroxyl groups excluding tert-OH is 2. The van der Waals surface area contributed by atoms with Gasteiger partial charge in [-0.25, -0.2) is 5.06 Å². The lowest BCUT2D eigenvalue weighted by Crippen LogP contribution is -2.39. The van der Waals surface area contributed by atoms with Gasteiger partial charge in [-0.3, -0.25) is 14.4 Å². The molecule has 0 saturated heterocycles. The molecule has 0 fully saturated rings. The van der Waals surface area contributed by atoms with Crippen molar-refractivity contribution in [2.45, 2.75) is 13.5 Å². The van der Waals surface area contributed by atoms with Gasteiger partial charge >= 0.3 is 17.7 Å². The van der Waals surface area contributed by atoms with Crippen molar-refractivity contribution in [1.29, 1.82) is 0 Å². The maximum Gasteiger partial charge on any atom is 0.491 e. The predicted octanol–water partition coefficient (Wildman–Crippen LogP) is -1.98. The van der Waals surface area contributed by atoms with E-state index in [-0.39, 0.29) is 32.8 Å². The summed E-state index contributed by atoms with van der Waals surface area (Å²) in [7, 11) is 1.24. The Bertz CT molecular complexity index is 609. The molecule has 1 aromatic rings. The summed E-state index contributed by atoms with van der Waals surface area (Å²) in [6.07, 6.45) is 0. The van der Waals surface area contributed by atoms with Crippen LogP contribution in [0.5, 0.6) is 0 Å². The molecule has 25 heavy (non-hydrogen) atoms. The van der Waals surface area contributed by atoms with Crippen LogP contribution in [0.1, 0.15) is 17.5 Å². The molecular formula is C12H20N6O7. The molecule has 13 nitrogen and oxygen atoms in total. The number of hydrogen-bond acceptors (Lipinski definition) is 9. The zero-order chi connectivity index (χ0) is 19.0. The Morgan fingerprint density at radius 3 is 2.36 bits per heavy atom. The third-order valence-electron chi connectivity index (χ3n) is 3.13. The second-order valence-corrected chi connectivity index (χ2v) is 4.66. The number of carbonyl (C=O) groups excluding carboxylic acids is 2. The molecule has 1 heterocycles. The third-order valence-corrected chi connectivity index (χ3v) is 3.13. The number of carbonyl (C=O) groups is 2. The summed E-state index contributed by atoms with van der Waals surface area (Å²) in [5.74, 6) is -2.66. The number of nitrogens with zero attached hydrogens (tertiary/aromatic N) is 6. The van der Waals surface area contributed by atoms with Crippen LogP contribution >= 0.6 is 0 Å². The minimum atomic E-state index is -0.889. The standard InChI is InChI=1S/C12H20N6O7/c1-3-17(25-2)11(22)10-13-12(18(23)24)14-16(10)8-9(21)15(4-6-19)5-7-20/h19-20H,3-8H2,1-2H3. The van der Waals surface area contributed by atoms with Crippen molar-refractivity contribution < 1.29 is 29.6 Å². The Labute approximate surface area is 142 Å². The second kappa shape index (κ2) is 9.61. The van der Waals surface area contributed by atoms with Crippen molar-refractivity contribution >= 4 is 17.8 Å². The van der Waals surface area contributed by atoms with Gasteiger partial charge in [0.25, 0.3) is 0 Å². The summed E-state index contributed by atoms with van der Waals surface area (Å²) in [5.41, 5.74) is 0. The normalized spacial score (nSPS) is 10.6. The highest BCUT2D eigenvalue weighted by atomic mass is 16.7. The number of hydrogen-bond donors (Lipinski definition) is 2. The molecule has 13 heteroatoms. The first-order valence-electron chi connectivity index (χ1n) is 7.34. The van der Waals surface area contributed by atoms with Crippen LogP contribution in [0.4, 0.5) is 5.95 Å². The van der Waals surface area contributed by atoms with Crippen LogP contribution in [0.3, 0.4) is 0 Å².